The molecule has 0 unspecified atom stereocenters. The van der Waals surface area contributed by atoms with Crippen molar-refractivity contribution in [3.05, 3.63) is 447 Å². The lowest BCUT2D eigenvalue weighted by molar-refractivity contribution is 1.07. The number of rotatable bonds is 17. The van der Waals surface area contributed by atoms with E-state index in [9.17, 15) is 0 Å². The van der Waals surface area contributed by atoms with E-state index in [2.05, 4.69) is 467 Å². The third-order valence-electron chi connectivity index (χ3n) is 25.2. The summed E-state index contributed by atoms with van der Waals surface area (Å²) in [5.41, 5.74) is 22.3. The highest BCUT2D eigenvalue weighted by atomic mass is 28.3. The van der Waals surface area contributed by atoms with Crippen molar-refractivity contribution in [3.8, 4) is 74.0 Å². The first kappa shape index (κ1) is 74.9. The van der Waals surface area contributed by atoms with Crippen LogP contribution in [0.15, 0.2) is 425 Å². The minimum atomic E-state index is -3.21. The molecule has 2 aliphatic heterocycles. The Bertz CT molecular complexity index is 6690. The SMILES string of the molecule is Cc1ccc(-c2nc(-c3ccc(C)cc3)nc(-c3ccc4c(c3)B3c5cc(-c6nc(-c7ccc(C)cc7)nc(-c7ccc(C)cc7)n6)ccc5N(c5cccc([Si](c6ccccc6)(c6ccccc6)c6ccccc6)c5)c5cc(-n6c7ccccc7c7ccccc76)cc(c53)N4c3cccc([Si](c4ccccc4)(c4ccccc4)c4ccccc4)c3)n2)cc1. The Morgan fingerprint density at radius 1 is 0.210 bits per heavy atom. The molecule has 0 saturated heterocycles. The van der Waals surface area contributed by atoms with Crippen LogP contribution in [0.1, 0.15) is 22.3 Å². The summed E-state index contributed by atoms with van der Waals surface area (Å²) in [5, 5.41) is 12.5. The molecule has 22 rings (SSSR count). The lowest BCUT2D eigenvalue weighted by Gasteiger charge is -2.45. The van der Waals surface area contributed by atoms with Crippen LogP contribution in [0.25, 0.3) is 95.8 Å². The molecule has 2 aliphatic rings. The minimum Gasteiger partial charge on any atom is -0.311 e. The van der Waals surface area contributed by atoms with Gasteiger partial charge in [0.15, 0.2) is 51.1 Å². The van der Waals surface area contributed by atoms with Gasteiger partial charge in [0, 0.05) is 78.3 Å². The molecule has 0 amide bonds. The zero-order chi connectivity index (χ0) is 83.0. The Morgan fingerprint density at radius 3 is 0.766 bits per heavy atom. The van der Waals surface area contributed by atoms with Crippen LogP contribution in [-0.4, -0.2) is 57.3 Å². The van der Waals surface area contributed by atoms with E-state index >= 15 is 0 Å². The average Bonchev–Trinajstić information content (AvgIpc) is 0.878. The van der Waals surface area contributed by atoms with Gasteiger partial charge in [-0.1, -0.05) is 374 Å². The molecule has 0 bridgehead atoms. The van der Waals surface area contributed by atoms with Crippen LogP contribution in [0.5, 0.6) is 0 Å². The second-order valence-electron chi connectivity index (χ2n) is 32.8. The molecular weight excluding hydrogens is 1540 g/mol. The van der Waals surface area contributed by atoms with Gasteiger partial charge in [-0.2, -0.15) is 0 Å². The fourth-order valence-corrected chi connectivity index (χ4v) is 29.0. The molecule has 0 aliphatic carbocycles. The van der Waals surface area contributed by atoms with E-state index in [4.69, 9.17) is 29.9 Å². The first-order valence-electron chi connectivity index (χ1n) is 42.5. The summed E-state index contributed by atoms with van der Waals surface area (Å²) in [5.74, 6) is 3.45. The van der Waals surface area contributed by atoms with Crippen LogP contribution >= 0.6 is 0 Å². The second kappa shape index (κ2) is 31.0. The zero-order valence-corrected chi connectivity index (χ0v) is 71.0. The van der Waals surface area contributed by atoms with Gasteiger partial charge in [0.1, 0.15) is 0 Å². The fraction of sp³-hybridized carbons (Fsp3) is 0.0357. The van der Waals surface area contributed by atoms with Crippen molar-refractivity contribution in [1.82, 2.24) is 34.5 Å². The number of nitrogens with zero attached hydrogens (tertiary/aromatic N) is 9. The third-order valence-corrected chi connectivity index (χ3v) is 34.8. The molecule has 0 radical (unpaired) electrons. The van der Waals surface area contributed by atoms with Crippen LogP contribution in [0.4, 0.5) is 34.1 Å². The van der Waals surface area contributed by atoms with Crippen molar-refractivity contribution in [1.29, 1.82) is 0 Å². The van der Waals surface area contributed by atoms with Gasteiger partial charge >= 0.3 is 0 Å². The number of anilines is 6. The van der Waals surface area contributed by atoms with E-state index in [1.807, 2.05) is 0 Å². The van der Waals surface area contributed by atoms with E-state index in [0.29, 0.717) is 34.9 Å². The highest BCUT2D eigenvalue weighted by Gasteiger charge is 2.48. The first-order valence-corrected chi connectivity index (χ1v) is 46.5. The quantitative estimate of drug-likeness (QED) is 0.0658. The molecule has 0 fully saturated rings. The van der Waals surface area contributed by atoms with Crippen molar-refractivity contribution in [2.45, 2.75) is 27.7 Å². The van der Waals surface area contributed by atoms with Crippen molar-refractivity contribution in [3.63, 3.8) is 0 Å². The van der Waals surface area contributed by atoms with E-state index < -0.39 is 22.9 Å². The van der Waals surface area contributed by atoms with Crippen LogP contribution in [0.2, 0.25) is 0 Å². The molecule has 586 valence electrons. The van der Waals surface area contributed by atoms with Gasteiger partial charge in [0.05, 0.1) is 16.7 Å². The topological polar surface area (TPSA) is 88.8 Å². The van der Waals surface area contributed by atoms with Gasteiger partial charge in [-0.15, -0.1) is 0 Å². The van der Waals surface area contributed by atoms with Gasteiger partial charge in [-0.05, 0) is 158 Å². The Hall–Kier alpha value is -15.3. The first-order chi connectivity index (χ1) is 61.1. The van der Waals surface area contributed by atoms with Gasteiger partial charge < -0.3 is 14.4 Å². The predicted octanol–water partition coefficient (Wildman–Crippen LogP) is 19.2. The lowest BCUT2D eigenvalue weighted by Crippen LogP contribution is -2.74. The maximum absolute atomic E-state index is 5.57. The Balaban J connectivity index is 0.882. The van der Waals surface area contributed by atoms with Gasteiger partial charge in [-0.3, -0.25) is 0 Å². The van der Waals surface area contributed by atoms with Gasteiger partial charge in [-0.25, -0.2) is 29.9 Å². The predicted molar refractivity (Wildman–Crippen MR) is 520 cm³/mol. The monoisotopic (exact) mass is 1620 g/mol. The zero-order valence-electron chi connectivity index (χ0n) is 69.0. The Labute approximate surface area is 724 Å². The van der Waals surface area contributed by atoms with E-state index in [1.165, 1.54) is 52.3 Å². The van der Waals surface area contributed by atoms with Gasteiger partial charge in [0.25, 0.3) is 6.71 Å². The van der Waals surface area contributed by atoms with E-state index in [-0.39, 0.29) is 0 Å². The maximum atomic E-state index is 5.57. The number of hydrogen-bond acceptors (Lipinski definition) is 8. The number of para-hydroxylation sites is 2. The molecule has 0 N–H and O–H groups in total. The molecule has 124 heavy (non-hydrogen) atoms. The fourth-order valence-electron chi connectivity index (χ4n) is 19.4. The van der Waals surface area contributed by atoms with E-state index in [0.717, 1.165) is 123 Å². The molecular formula is C112H82BN9Si2. The molecule has 5 heterocycles. The van der Waals surface area contributed by atoms with Crippen LogP contribution in [-0.2, 0) is 0 Å². The molecule has 0 spiro atoms. The molecule has 9 nitrogen and oxygen atoms in total. The van der Waals surface area contributed by atoms with E-state index in [1.54, 1.807) is 0 Å². The van der Waals surface area contributed by atoms with Crippen molar-refractivity contribution < 1.29 is 0 Å². The number of aryl methyl sites for hydroxylation is 4. The standard InChI is InChI=1S/C112H82BN9Si2/c1-75-49-57-79(58-50-75)107-114-108(80-59-51-76(2)52-60-80)117-111(116-107)83-65-67-102-98(69-83)113-99-70-84(112-118-109(81-61-53-77(3)54-62-81)115-110(119-112)82-63-55-78(4)56-64-82)66-68-103(99)121(86-30-28-44-95(72-86)124(91-37-17-8-18-38-91,92-39-19-9-20-40-92)93-41-21-10-22-42-93)105-74-87(122-100-47-25-23-45-96(100)97-46-24-26-48-101(97)122)73-104(106(105)113)120(102)85-29-27-43-94(71-85)123(88-31-11-5-12-32-88,89-33-13-6-14-34-89)90-35-15-7-16-36-90/h5-74H,1-4H3. The van der Waals surface area contributed by atoms with Crippen LogP contribution < -0.4 is 67.7 Å². The smallest absolute Gasteiger partial charge is 0.252 e. The number of hydrogen-bond donors (Lipinski definition) is 0. The van der Waals surface area contributed by atoms with Crippen molar-refractivity contribution in [2.75, 3.05) is 9.80 Å². The molecule has 12 heteroatoms. The highest BCUT2D eigenvalue weighted by molar-refractivity contribution is 7.20. The molecule has 0 atom stereocenters. The number of aromatic nitrogens is 7. The summed E-state index contributed by atoms with van der Waals surface area (Å²) in [6, 6.07) is 158. The summed E-state index contributed by atoms with van der Waals surface area (Å²) in [4.78, 5) is 38.1. The summed E-state index contributed by atoms with van der Waals surface area (Å²) in [6.07, 6.45) is 0. The minimum absolute atomic E-state index is 0.483. The summed E-state index contributed by atoms with van der Waals surface area (Å²) < 4.78 is 2.50. The second-order valence-corrected chi connectivity index (χ2v) is 40.4. The number of fused-ring (bicyclic) bond motifs is 7. The van der Waals surface area contributed by atoms with Crippen molar-refractivity contribution >= 4 is 137 Å². The molecule has 17 aromatic carbocycles. The molecule has 0 saturated carbocycles. The Kier molecular flexibility index (Phi) is 18.7. The average molecular weight is 1620 g/mol. The summed E-state index contributed by atoms with van der Waals surface area (Å²) in [6.45, 7) is 7.98. The molecule has 20 aromatic rings. The summed E-state index contributed by atoms with van der Waals surface area (Å²) >= 11 is 0. The number of benzene rings is 17. The molecule has 3 aromatic heterocycles. The lowest BCUT2D eigenvalue weighted by atomic mass is 9.33. The van der Waals surface area contributed by atoms with Crippen molar-refractivity contribution in [2.24, 2.45) is 0 Å². The normalized spacial score (nSPS) is 12.3. The highest BCUT2D eigenvalue weighted by Crippen LogP contribution is 2.48. The largest absolute Gasteiger partial charge is 0.311 e. The maximum Gasteiger partial charge on any atom is 0.252 e. The third kappa shape index (κ3) is 12.8. The summed E-state index contributed by atoms with van der Waals surface area (Å²) in [7, 11) is -6.42. The van der Waals surface area contributed by atoms with Crippen LogP contribution in [0, 0.1) is 27.7 Å². The van der Waals surface area contributed by atoms with Crippen LogP contribution in [0.3, 0.4) is 0 Å². The van der Waals surface area contributed by atoms with Gasteiger partial charge in [0.2, 0.25) is 0 Å². The Morgan fingerprint density at radius 2 is 0.468 bits per heavy atom.